The van der Waals surface area contributed by atoms with Crippen molar-refractivity contribution in [1.82, 2.24) is 0 Å². The minimum Gasteiger partial charge on any atom is -0.399 e. The number of hydrogen-bond acceptors (Lipinski definition) is 1. The fraction of sp³-hybridized carbons (Fsp3) is 0.118. The standard InChI is InChI=1S/C34H33NP2/c1-26-13-21-30(22-14-26)36(31-23-15-27(2)16-24-31)25-34(28-17-19-29(35)20-18-28)37(32-9-5-3-6-10-32)33-11-7-4-8-12-33/h3-24,34H,25,35H2,1-2H3/t34-/m0/s1. The Morgan fingerprint density at radius 1 is 0.514 bits per heavy atom. The van der Waals surface area contributed by atoms with Gasteiger partial charge in [0.25, 0.3) is 0 Å². The van der Waals surface area contributed by atoms with Crippen molar-refractivity contribution in [3.8, 4) is 0 Å². The third-order valence-corrected chi connectivity index (χ3v) is 12.4. The predicted molar refractivity (Wildman–Crippen MR) is 166 cm³/mol. The van der Waals surface area contributed by atoms with Gasteiger partial charge in [0.2, 0.25) is 0 Å². The van der Waals surface area contributed by atoms with Crippen LogP contribution in [-0.4, -0.2) is 6.16 Å². The molecule has 37 heavy (non-hydrogen) atoms. The largest absolute Gasteiger partial charge is 0.399 e. The zero-order chi connectivity index (χ0) is 25.6. The summed E-state index contributed by atoms with van der Waals surface area (Å²) in [6.45, 7) is 4.33. The molecule has 0 radical (unpaired) electrons. The summed E-state index contributed by atoms with van der Waals surface area (Å²) >= 11 is 0. The van der Waals surface area contributed by atoms with Crippen LogP contribution in [0, 0.1) is 13.8 Å². The topological polar surface area (TPSA) is 26.0 Å². The molecule has 5 aromatic carbocycles. The number of hydrogen-bond donors (Lipinski definition) is 1. The summed E-state index contributed by atoms with van der Waals surface area (Å²) in [4.78, 5) is 0. The molecule has 0 amide bonds. The average molecular weight is 518 g/mol. The first-order valence-corrected chi connectivity index (χ1v) is 15.7. The van der Waals surface area contributed by atoms with Gasteiger partial charge in [-0.15, -0.1) is 0 Å². The molecule has 0 heterocycles. The summed E-state index contributed by atoms with van der Waals surface area (Å²) in [6.07, 6.45) is 1.07. The van der Waals surface area contributed by atoms with Gasteiger partial charge in [-0.2, -0.15) is 0 Å². The Morgan fingerprint density at radius 2 is 0.946 bits per heavy atom. The van der Waals surface area contributed by atoms with Gasteiger partial charge in [-0.05, 0) is 74.8 Å². The molecule has 0 saturated heterocycles. The van der Waals surface area contributed by atoms with E-state index in [-0.39, 0.29) is 0 Å². The second-order valence-electron chi connectivity index (χ2n) is 9.51. The lowest BCUT2D eigenvalue weighted by Gasteiger charge is -2.33. The Balaban J connectivity index is 1.67. The van der Waals surface area contributed by atoms with E-state index in [2.05, 4.69) is 147 Å². The summed E-state index contributed by atoms with van der Waals surface area (Å²) in [6, 6.07) is 49.2. The van der Waals surface area contributed by atoms with E-state index >= 15 is 0 Å². The van der Waals surface area contributed by atoms with Crippen LogP contribution in [0.2, 0.25) is 0 Å². The van der Waals surface area contributed by atoms with Crippen molar-refractivity contribution >= 4 is 42.7 Å². The van der Waals surface area contributed by atoms with Crippen LogP contribution >= 0.6 is 15.8 Å². The summed E-state index contributed by atoms with van der Waals surface area (Å²) in [5.74, 6) is 0. The highest BCUT2D eigenvalue weighted by Gasteiger charge is 2.30. The van der Waals surface area contributed by atoms with Gasteiger partial charge < -0.3 is 5.73 Å². The fourth-order valence-electron chi connectivity index (χ4n) is 4.72. The maximum atomic E-state index is 6.15. The van der Waals surface area contributed by atoms with Crippen LogP contribution in [-0.2, 0) is 0 Å². The monoisotopic (exact) mass is 517 g/mol. The minimum absolute atomic E-state index is 0.342. The first-order chi connectivity index (χ1) is 18.1. The summed E-state index contributed by atoms with van der Waals surface area (Å²) in [5, 5.41) is 5.68. The number of aryl methyl sites for hydroxylation is 2. The molecule has 2 N–H and O–H groups in total. The zero-order valence-electron chi connectivity index (χ0n) is 21.5. The first-order valence-electron chi connectivity index (χ1n) is 12.7. The van der Waals surface area contributed by atoms with Crippen molar-refractivity contribution in [2.24, 2.45) is 0 Å². The van der Waals surface area contributed by atoms with E-state index in [1.807, 2.05) is 0 Å². The molecule has 0 spiro atoms. The first kappa shape index (κ1) is 25.4. The van der Waals surface area contributed by atoms with E-state index in [4.69, 9.17) is 5.73 Å². The molecule has 3 heteroatoms. The maximum Gasteiger partial charge on any atom is 0.0314 e. The molecule has 0 bridgehead atoms. The molecule has 0 fully saturated rings. The van der Waals surface area contributed by atoms with Gasteiger partial charge in [-0.1, -0.05) is 132 Å². The Labute approximate surface area is 223 Å². The third-order valence-electron chi connectivity index (χ3n) is 6.75. The SMILES string of the molecule is Cc1ccc(P(C[C@@H](c2ccc(N)cc2)P(c2ccccc2)c2ccccc2)c2ccc(C)cc2)cc1. The number of benzene rings is 5. The van der Waals surface area contributed by atoms with Crippen molar-refractivity contribution < 1.29 is 0 Å². The van der Waals surface area contributed by atoms with Crippen molar-refractivity contribution in [2.75, 3.05) is 11.9 Å². The molecular formula is C34H33NP2. The van der Waals surface area contributed by atoms with E-state index in [1.165, 1.54) is 37.9 Å². The van der Waals surface area contributed by atoms with Gasteiger partial charge in [-0.25, -0.2) is 0 Å². The quantitative estimate of drug-likeness (QED) is 0.171. The van der Waals surface area contributed by atoms with Gasteiger partial charge in [0.15, 0.2) is 0 Å². The lowest BCUT2D eigenvalue weighted by Crippen LogP contribution is -2.23. The molecule has 0 unspecified atom stereocenters. The Kier molecular flexibility index (Phi) is 8.15. The van der Waals surface area contributed by atoms with Gasteiger partial charge in [0.05, 0.1) is 0 Å². The molecule has 0 aliphatic heterocycles. The van der Waals surface area contributed by atoms with Crippen LogP contribution in [0.3, 0.4) is 0 Å². The molecule has 0 aliphatic carbocycles. The lowest BCUT2D eigenvalue weighted by atomic mass is 10.1. The Morgan fingerprint density at radius 3 is 1.38 bits per heavy atom. The van der Waals surface area contributed by atoms with Gasteiger partial charge in [0, 0.05) is 11.3 Å². The number of nitrogens with two attached hydrogens (primary N) is 1. The molecule has 0 aliphatic rings. The van der Waals surface area contributed by atoms with Gasteiger partial charge >= 0.3 is 0 Å². The average Bonchev–Trinajstić information content (AvgIpc) is 2.94. The second-order valence-corrected chi connectivity index (χ2v) is 14.2. The molecule has 0 aromatic heterocycles. The molecule has 184 valence electrons. The normalized spacial score (nSPS) is 12.1. The number of nitrogen functional groups attached to an aromatic ring is 1. The van der Waals surface area contributed by atoms with Crippen molar-refractivity contribution in [3.05, 3.63) is 150 Å². The highest BCUT2D eigenvalue weighted by atomic mass is 31.1. The van der Waals surface area contributed by atoms with Crippen LogP contribution < -0.4 is 27.0 Å². The van der Waals surface area contributed by atoms with Crippen LogP contribution in [0.5, 0.6) is 0 Å². The van der Waals surface area contributed by atoms with Gasteiger partial charge in [-0.3, -0.25) is 0 Å². The van der Waals surface area contributed by atoms with E-state index in [0.717, 1.165) is 11.8 Å². The number of rotatable bonds is 8. The smallest absolute Gasteiger partial charge is 0.0314 e. The minimum atomic E-state index is -0.651. The highest BCUT2D eigenvalue weighted by Crippen LogP contribution is 2.55. The summed E-state index contributed by atoms with van der Waals surface area (Å²) < 4.78 is 0. The molecule has 0 saturated carbocycles. The number of anilines is 1. The van der Waals surface area contributed by atoms with Crippen LogP contribution in [0.25, 0.3) is 0 Å². The predicted octanol–water partition coefficient (Wildman–Crippen LogP) is 7.19. The lowest BCUT2D eigenvalue weighted by molar-refractivity contribution is 1.10. The van der Waals surface area contributed by atoms with Crippen LogP contribution in [0.1, 0.15) is 22.3 Å². The maximum absolute atomic E-state index is 6.15. The van der Waals surface area contributed by atoms with E-state index in [9.17, 15) is 0 Å². The Bertz CT molecular complexity index is 1310. The van der Waals surface area contributed by atoms with Crippen LogP contribution in [0.4, 0.5) is 5.69 Å². The molecular weight excluding hydrogens is 484 g/mol. The van der Waals surface area contributed by atoms with E-state index < -0.39 is 15.8 Å². The highest BCUT2D eigenvalue weighted by molar-refractivity contribution is 7.76. The second kappa shape index (κ2) is 11.9. The van der Waals surface area contributed by atoms with Crippen LogP contribution in [0.15, 0.2) is 133 Å². The Hall–Kier alpha value is -3.24. The summed E-state index contributed by atoms with van der Waals surface area (Å²) in [5.41, 5.74) is 11.3. The van der Waals surface area contributed by atoms with Crippen molar-refractivity contribution in [1.29, 1.82) is 0 Å². The van der Waals surface area contributed by atoms with E-state index in [1.54, 1.807) is 0 Å². The van der Waals surface area contributed by atoms with Crippen molar-refractivity contribution in [2.45, 2.75) is 19.5 Å². The molecule has 1 atom stereocenters. The molecule has 5 rings (SSSR count). The zero-order valence-corrected chi connectivity index (χ0v) is 23.2. The third kappa shape index (κ3) is 6.19. The van der Waals surface area contributed by atoms with Gasteiger partial charge in [0.1, 0.15) is 0 Å². The summed E-state index contributed by atoms with van der Waals surface area (Å²) in [7, 11) is -1.23. The molecule has 5 aromatic rings. The van der Waals surface area contributed by atoms with E-state index in [0.29, 0.717) is 5.66 Å². The molecule has 1 nitrogen and oxygen atoms in total. The van der Waals surface area contributed by atoms with Crippen molar-refractivity contribution in [3.63, 3.8) is 0 Å². The fourth-order valence-corrected chi connectivity index (χ4v) is 10.6.